The molecule has 9 heteroatoms. The van der Waals surface area contributed by atoms with Crippen LogP contribution in [0.2, 0.25) is 0 Å². The Bertz CT molecular complexity index is 1070. The second-order valence-corrected chi connectivity index (χ2v) is 7.70. The number of likely N-dealkylation sites (tertiary alicyclic amines) is 1. The summed E-state index contributed by atoms with van der Waals surface area (Å²) in [5.41, 5.74) is 1.70. The van der Waals surface area contributed by atoms with Gasteiger partial charge in [-0.1, -0.05) is 24.3 Å². The molecule has 0 bridgehead atoms. The van der Waals surface area contributed by atoms with Crippen LogP contribution in [0.5, 0.6) is 5.75 Å². The number of rotatable bonds is 3. The summed E-state index contributed by atoms with van der Waals surface area (Å²) in [7, 11) is 0. The molecule has 0 spiro atoms. The fourth-order valence-corrected chi connectivity index (χ4v) is 4.35. The molecule has 2 aliphatic heterocycles. The van der Waals surface area contributed by atoms with Crippen molar-refractivity contribution < 1.29 is 22.3 Å². The maximum Gasteiger partial charge on any atom is 0.504 e. The molecule has 1 saturated heterocycles. The molecule has 30 heavy (non-hydrogen) atoms. The first-order valence-electron chi connectivity index (χ1n) is 9.82. The van der Waals surface area contributed by atoms with Crippen LogP contribution in [0.25, 0.3) is 10.9 Å². The molecular formula is C21H20F4N4O. The van der Waals surface area contributed by atoms with Crippen LogP contribution in [0.1, 0.15) is 18.0 Å². The number of alkyl halides is 4. The second-order valence-electron chi connectivity index (χ2n) is 7.70. The van der Waals surface area contributed by atoms with Gasteiger partial charge in [0, 0.05) is 35.9 Å². The molecule has 0 amide bonds. The highest BCUT2D eigenvalue weighted by atomic mass is 19.4. The van der Waals surface area contributed by atoms with Gasteiger partial charge in [-0.3, -0.25) is 4.90 Å². The number of ether oxygens (including phenoxy) is 1. The van der Waals surface area contributed by atoms with Crippen molar-refractivity contribution in [2.24, 2.45) is 0 Å². The minimum Gasteiger partial charge on any atom is -0.491 e. The highest BCUT2D eigenvalue weighted by molar-refractivity contribution is 5.91. The summed E-state index contributed by atoms with van der Waals surface area (Å²) in [6, 6.07) is 12.1. The lowest BCUT2D eigenvalue weighted by atomic mass is 9.94. The number of anilines is 1. The Hall–Kier alpha value is -2.81. The van der Waals surface area contributed by atoms with Crippen LogP contribution in [-0.4, -0.2) is 46.6 Å². The van der Waals surface area contributed by atoms with Gasteiger partial charge in [-0.05, 0) is 24.6 Å². The Morgan fingerprint density at radius 3 is 2.70 bits per heavy atom. The number of benzene rings is 2. The number of para-hydroxylation sites is 1. The molecule has 5 rings (SSSR count). The van der Waals surface area contributed by atoms with Crippen molar-refractivity contribution in [1.82, 2.24) is 14.7 Å². The molecule has 158 valence electrons. The van der Waals surface area contributed by atoms with Crippen LogP contribution in [0.4, 0.5) is 23.2 Å². The minimum absolute atomic E-state index is 0.0203. The van der Waals surface area contributed by atoms with Gasteiger partial charge in [0.05, 0.1) is 17.6 Å². The van der Waals surface area contributed by atoms with Crippen molar-refractivity contribution >= 4 is 16.6 Å². The van der Waals surface area contributed by atoms with Crippen LogP contribution < -0.4 is 10.1 Å². The van der Waals surface area contributed by atoms with Gasteiger partial charge >= 0.3 is 6.30 Å². The van der Waals surface area contributed by atoms with Crippen molar-refractivity contribution in [3.05, 3.63) is 54.2 Å². The highest BCUT2D eigenvalue weighted by Gasteiger charge is 2.39. The first-order chi connectivity index (χ1) is 14.4. The lowest BCUT2D eigenvalue weighted by molar-refractivity contribution is -0.211. The van der Waals surface area contributed by atoms with E-state index in [0.29, 0.717) is 37.2 Å². The number of aromatic nitrogens is 2. The summed E-state index contributed by atoms with van der Waals surface area (Å²) >= 11 is 0. The van der Waals surface area contributed by atoms with E-state index in [1.54, 1.807) is 18.2 Å². The Morgan fingerprint density at radius 2 is 1.93 bits per heavy atom. The van der Waals surface area contributed by atoms with E-state index >= 15 is 0 Å². The third kappa shape index (κ3) is 3.36. The van der Waals surface area contributed by atoms with E-state index in [-0.39, 0.29) is 22.3 Å². The molecule has 3 unspecified atom stereocenters. The van der Waals surface area contributed by atoms with Gasteiger partial charge in [-0.15, -0.1) is 13.2 Å². The molecule has 3 heterocycles. The van der Waals surface area contributed by atoms with E-state index in [9.17, 15) is 17.6 Å². The summed E-state index contributed by atoms with van der Waals surface area (Å²) in [5.74, 6) is 0.723. The second kappa shape index (κ2) is 7.16. The Morgan fingerprint density at radius 1 is 1.10 bits per heavy atom. The molecule has 2 aliphatic rings. The maximum atomic E-state index is 13.9. The van der Waals surface area contributed by atoms with E-state index < -0.39 is 12.5 Å². The number of nitrogens with zero attached hydrogens (tertiary/aromatic N) is 3. The largest absolute Gasteiger partial charge is 0.504 e. The van der Waals surface area contributed by atoms with Crippen LogP contribution in [-0.2, 0) is 6.30 Å². The Balaban J connectivity index is 1.54. The topological polar surface area (TPSA) is 42.3 Å². The third-order valence-corrected chi connectivity index (χ3v) is 5.80. The van der Waals surface area contributed by atoms with Crippen molar-refractivity contribution in [3.63, 3.8) is 0 Å². The summed E-state index contributed by atoms with van der Waals surface area (Å²) in [5, 5.41) is 7.45. The average molecular weight is 420 g/mol. The summed E-state index contributed by atoms with van der Waals surface area (Å²) in [6.07, 6.45) is -4.00. The molecule has 0 radical (unpaired) electrons. The minimum atomic E-state index is -4.59. The first kappa shape index (κ1) is 19.2. The molecular weight excluding hydrogens is 400 g/mol. The molecule has 1 fully saturated rings. The molecule has 2 aromatic carbocycles. The molecule has 3 atom stereocenters. The molecule has 0 saturated carbocycles. The van der Waals surface area contributed by atoms with Gasteiger partial charge in [-0.2, -0.15) is 9.78 Å². The van der Waals surface area contributed by atoms with Crippen molar-refractivity contribution in [2.45, 2.75) is 31.0 Å². The van der Waals surface area contributed by atoms with E-state index in [1.165, 1.54) is 0 Å². The van der Waals surface area contributed by atoms with E-state index in [2.05, 4.69) is 15.3 Å². The predicted molar refractivity (Wildman–Crippen MR) is 104 cm³/mol. The van der Waals surface area contributed by atoms with Gasteiger partial charge < -0.3 is 10.1 Å². The zero-order valence-electron chi connectivity index (χ0n) is 15.9. The monoisotopic (exact) mass is 420 g/mol. The Labute approximate surface area is 170 Å². The van der Waals surface area contributed by atoms with Gasteiger partial charge in [0.2, 0.25) is 0 Å². The molecule has 0 aliphatic carbocycles. The summed E-state index contributed by atoms with van der Waals surface area (Å²) in [4.78, 5) is 2.05. The highest BCUT2D eigenvalue weighted by Crippen LogP contribution is 2.39. The van der Waals surface area contributed by atoms with E-state index in [1.807, 2.05) is 24.3 Å². The van der Waals surface area contributed by atoms with Crippen molar-refractivity contribution in [3.8, 4) is 5.75 Å². The lowest BCUT2D eigenvalue weighted by Crippen LogP contribution is -2.47. The van der Waals surface area contributed by atoms with Gasteiger partial charge in [0.25, 0.3) is 0 Å². The quantitative estimate of drug-likeness (QED) is 0.635. The zero-order valence-corrected chi connectivity index (χ0v) is 15.9. The SMILES string of the molecule is FC1CCN(C2COc3ccccc3C2Nc2cccc3nn(C(F)(F)F)cc23)C1. The number of nitrogens with one attached hydrogen (secondary N) is 1. The van der Waals surface area contributed by atoms with Crippen molar-refractivity contribution in [1.29, 1.82) is 0 Å². The van der Waals surface area contributed by atoms with Crippen LogP contribution in [0, 0.1) is 0 Å². The van der Waals surface area contributed by atoms with Crippen LogP contribution in [0.15, 0.2) is 48.7 Å². The standard InChI is InChI=1S/C21H20F4N4O/c22-13-8-9-28(10-13)18-12-30-19-7-2-1-4-14(19)20(18)26-16-5-3-6-17-15(16)11-29(27-17)21(23,24)25/h1-7,11,13,18,20,26H,8-10,12H2. The fraction of sp³-hybridized carbons (Fsp3) is 0.381. The van der Waals surface area contributed by atoms with Gasteiger partial charge in [-0.25, -0.2) is 4.39 Å². The third-order valence-electron chi connectivity index (χ3n) is 5.80. The smallest absolute Gasteiger partial charge is 0.491 e. The molecule has 3 aromatic rings. The lowest BCUT2D eigenvalue weighted by Gasteiger charge is -2.39. The molecule has 1 N–H and O–H groups in total. The number of halogens is 4. The summed E-state index contributed by atoms with van der Waals surface area (Å²) < 4.78 is 59.2. The first-order valence-corrected chi connectivity index (χ1v) is 9.82. The molecule has 1 aromatic heterocycles. The van der Waals surface area contributed by atoms with Gasteiger partial charge in [0.15, 0.2) is 0 Å². The normalized spacial score (nSPS) is 24.6. The molecule has 5 nitrogen and oxygen atoms in total. The van der Waals surface area contributed by atoms with Crippen molar-refractivity contribution in [2.75, 3.05) is 25.0 Å². The van der Waals surface area contributed by atoms with Crippen LogP contribution >= 0.6 is 0 Å². The average Bonchev–Trinajstić information content (AvgIpc) is 3.35. The number of hydrogen-bond acceptors (Lipinski definition) is 4. The van der Waals surface area contributed by atoms with E-state index in [0.717, 1.165) is 17.5 Å². The number of hydrogen-bond donors (Lipinski definition) is 1. The van der Waals surface area contributed by atoms with E-state index in [4.69, 9.17) is 4.74 Å². The Kier molecular flexibility index (Phi) is 4.57. The predicted octanol–water partition coefficient (Wildman–Crippen LogP) is 4.47. The maximum absolute atomic E-state index is 13.9. The summed E-state index contributed by atoms with van der Waals surface area (Å²) in [6.45, 7) is 1.31. The fourth-order valence-electron chi connectivity index (χ4n) is 4.35. The van der Waals surface area contributed by atoms with Crippen LogP contribution in [0.3, 0.4) is 0 Å². The van der Waals surface area contributed by atoms with Gasteiger partial charge in [0.1, 0.15) is 18.5 Å². The number of fused-ring (bicyclic) bond motifs is 2. The zero-order chi connectivity index (χ0) is 20.9.